The first kappa shape index (κ1) is 4.28. The van der Waals surface area contributed by atoms with Gasteiger partial charge in [0, 0.05) is 8.04 Å². The van der Waals surface area contributed by atoms with Crippen LogP contribution in [0.15, 0.2) is 22.6 Å². The van der Waals surface area contributed by atoms with Gasteiger partial charge in [0.15, 0.2) is 0 Å². The number of benzene rings is 1. The molecule has 0 nitrogen and oxygen atoms in total. The summed E-state index contributed by atoms with van der Waals surface area (Å²) in [5.41, 5.74) is 0. The Bertz CT molecular complexity index is 237. The lowest BCUT2D eigenvalue weighted by Crippen LogP contribution is -1.78. The van der Waals surface area contributed by atoms with Crippen molar-refractivity contribution in [1.82, 2.24) is 0 Å². The van der Waals surface area contributed by atoms with Crippen molar-refractivity contribution < 1.29 is 8.50 Å². The lowest BCUT2D eigenvalue weighted by atomic mass is 10.4. The molecule has 0 fully saturated rings. The minimum absolute atomic E-state index is 0.0193. The highest BCUT2D eigenvalue weighted by Crippen LogP contribution is 2.16. The molecule has 0 saturated carbocycles. The smallest absolute Gasteiger partial charge is 0.137 e. The number of hydrogen-bond donors (Lipinski definition) is 0. The normalized spacial score (nSPS) is 14.3. The molecule has 0 aliphatic heterocycles. The third-order valence-corrected chi connectivity index (χ3v) is 1.83. The predicted molar refractivity (Wildman–Crippen MR) is 46.8 cm³/mol. The van der Waals surface area contributed by atoms with Crippen molar-refractivity contribution in [2.75, 3.05) is 0 Å². The molecule has 0 aliphatic rings. The average Bonchev–Trinajstić information content (AvgIpc) is 2.08. The fraction of sp³-hybridized carbons (Fsp3) is 0. The van der Waals surface area contributed by atoms with E-state index in [-0.39, 0.29) is 26.2 Å². The quantitative estimate of drug-likeness (QED) is 0.510. The molecular weight excluding hydrogens is 298 g/mol. The second kappa shape index (κ2) is 2.96. The van der Waals surface area contributed by atoms with Crippen LogP contribution in [0.4, 0.5) is 4.39 Å². The second-order valence-electron chi connectivity index (χ2n) is 1.32. The van der Waals surface area contributed by atoms with Crippen LogP contribution in [-0.4, -0.2) is 0 Å². The summed E-state index contributed by atoms with van der Waals surface area (Å²) >= 11 is 4.49. The standard InChI is InChI=1S/C6H3BrFI/c7-4-1-2-6(9)5(8)3-4/h1-3H/i1D,2D,3D. The van der Waals surface area contributed by atoms with Gasteiger partial charge < -0.3 is 0 Å². The molecule has 0 spiro atoms. The van der Waals surface area contributed by atoms with Gasteiger partial charge in [0.1, 0.15) is 5.82 Å². The van der Waals surface area contributed by atoms with E-state index in [1.54, 1.807) is 22.6 Å². The molecule has 1 aromatic rings. The number of hydrogen-bond acceptors (Lipinski definition) is 0. The van der Waals surface area contributed by atoms with E-state index in [1.165, 1.54) is 0 Å². The highest BCUT2D eigenvalue weighted by Gasteiger charge is 1.95. The van der Waals surface area contributed by atoms with E-state index in [4.69, 9.17) is 4.11 Å². The molecule has 0 aliphatic carbocycles. The van der Waals surface area contributed by atoms with Crippen molar-refractivity contribution in [3.8, 4) is 0 Å². The van der Waals surface area contributed by atoms with Crippen LogP contribution in [0.1, 0.15) is 4.11 Å². The molecule has 0 atom stereocenters. The number of halogens is 3. The molecule has 0 saturated heterocycles. The monoisotopic (exact) mass is 303 g/mol. The van der Waals surface area contributed by atoms with Crippen LogP contribution < -0.4 is 0 Å². The molecule has 1 aromatic carbocycles. The van der Waals surface area contributed by atoms with E-state index in [9.17, 15) is 4.39 Å². The van der Waals surface area contributed by atoms with E-state index in [0.717, 1.165) is 0 Å². The van der Waals surface area contributed by atoms with Gasteiger partial charge in [-0.2, -0.15) is 0 Å². The number of rotatable bonds is 0. The van der Waals surface area contributed by atoms with Gasteiger partial charge in [-0.25, -0.2) is 4.39 Å². The van der Waals surface area contributed by atoms with Crippen LogP contribution >= 0.6 is 38.5 Å². The molecule has 0 N–H and O–H groups in total. The summed E-state index contributed by atoms with van der Waals surface area (Å²) in [6.45, 7) is 0. The Morgan fingerprint density at radius 1 is 1.67 bits per heavy atom. The summed E-state index contributed by atoms with van der Waals surface area (Å²) in [4.78, 5) is 0. The van der Waals surface area contributed by atoms with Crippen molar-refractivity contribution in [3.05, 3.63) is 32.0 Å². The molecule has 1 rings (SSSR count). The Kier molecular flexibility index (Phi) is 1.41. The first-order chi connectivity index (χ1) is 5.46. The van der Waals surface area contributed by atoms with Crippen LogP contribution in [0.5, 0.6) is 0 Å². The molecule has 3 heteroatoms. The minimum Gasteiger partial charge on any atom is -0.206 e. The van der Waals surface area contributed by atoms with E-state index in [1.807, 2.05) is 0 Å². The summed E-state index contributed by atoms with van der Waals surface area (Å²) in [6, 6.07) is -0.692. The maximum atomic E-state index is 13.0. The summed E-state index contributed by atoms with van der Waals surface area (Å²) in [5.74, 6) is -0.747. The van der Waals surface area contributed by atoms with Crippen LogP contribution in [0, 0.1) is 9.39 Å². The fourth-order valence-corrected chi connectivity index (χ4v) is 0.890. The average molecular weight is 304 g/mol. The van der Waals surface area contributed by atoms with Gasteiger partial charge >= 0.3 is 0 Å². The van der Waals surface area contributed by atoms with Crippen molar-refractivity contribution >= 4 is 38.5 Å². The third kappa shape index (κ3) is 1.89. The minimum atomic E-state index is -0.747. The van der Waals surface area contributed by atoms with Crippen LogP contribution in [-0.2, 0) is 0 Å². The molecular formula is C6H3BrFI. The van der Waals surface area contributed by atoms with Crippen molar-refractivity contribution in [1.29, 1.82) is 0 Å². The zero-order valence-corrected chi connectivity index (χ0v) is 7.88. The third-order valence-electron chi connectivity index (χ3n) is 0.694. The molecule has 0 heterocycles. The Labute approximate surface area is 78.9 Å². The fourth-order valence-electron chi connectivity index (χ4n) is 0.347. The Morgan fingerprint density at radius 3 is 3.00 bits per heavy atom. The largest absolute Gasteiger partial charge is 0.206 e. The van der Waals surface area contributed by atoms with Gasteiger partial charge in [-0.3, -0.25) is 0 Å². The Balaban J connectivity index is 3.60. The van der Waals surface area contributed by atoms with Gasteiger partial charge in [0.2, 0.25) is 0 Å². The van der Waals surface area contributed by atoms with Crippen LogP contribution in [0.2, 0.25) is 0 Å². The first-order valence-electron chi connectivity index (χ1n) is 3.57. The van der Waals surface area contributed by atoms with E-state index < -0.39 is 5.82 Å². The van der Waals surface area contributed by atoms with Crippen LogP contribution in [0.25, 0.3) is 0 Å². The SMILES string of the molecule is [2H]c1c([2H])c(I)c(F)c([2H])c1Br. The van der Waals surface area contributed by atoms with Crippen LogP contribution in [0.3, 0.4) is 0 Å². The Hall–Kier alpha value is 0.360. The maximum Gasteiger partial charge on any atom is 0.137 e. The zero-order valence-electron chi connectivity index (χ0n) is 7.13. The lowest BCUT2D eigenvalue weighted by Gasteiger charge is -1.92. The van der Waals surface area contributed by atoms with Crippen molar-refractivity contribution in [2.45, 2.75) is 0 Å². The molecule has 48 valence electrons. The van der Waals surface area contributed by atoms with Crippen molar-refractivity contribution in [2.24, 2.45) is 0 Å². The molecule has 0 aromatic heterocycles. The van der Waals surface area contributed by atoms with Gasteiger partial charge in [-0.05, 0) is 40.7 Å². The lowest BCUT2D eigenvalue weighted by molar-refractivity contribution is 0.619. The van der Waals surface area contributed by atoms with Crippen molar-refractivity contribution in [3.63, 3.8) is 0 Å². The summed E-state index contributed by atoms with van der Waals surface area (Å²) in [5, 5.41) is 0. The van der Waals surface area contributed by atoms with E-state index >= 15 is 0 Å². The van der Waals surface area contributed by atoms with Gasteiger partial charge in [0.25, 0.3) is 0 Å². The van der Waals surface area contributed by atoms with E-state index in [0.29, 0.717) is 0 Å². The molecule has 9 heavy (non-hydrogen) atoms. The molecule has 0 radical (unpaired) electrons. The molecule has 0 bridgehead atoms. The topological polar surface area (TPSA) is 0 Å². The summed E-state index contributed by atoms with van der Waals surface area (Å²) in [6.07, 6.45) is 0. The molecule has 0 amide bonds. The highest BCUT2D eigenvalue weighted by atomic mass is 127. The highest BCUT2D eigenvalue weighted by molar-refractivity contribution is 14.1. The summed E-state index contributed by atoms with van der Waals surface area (Å²) < 4.78 is 34.8. The maximum absolute atomic E-state index is 13.0. The first-order valence-corrected chi connectivity index (χ1v) is 3.94. The molecule has 0 unspecified atom stereocenters. The van der Waals surface area contributed by atoms with E-state index in [2.05, 4.69) is 15.9 Å². The predicted octanol–water partition coefficient (Wildman–Crippen LogP) is 3.19. The zero-order chi connectivity index (χ0) is 9.46. The van der Waals surface area contributed by atoms with Gasteiger partial charge in [-0.1, -0.05) is 15.9 Å². The Morgan fingerprint density at radius 2 is 2.33 bits per heavy atom. The summed E-state index contributed by atoms with van der Waals surface area (Å²) in [7, 11) is 0. The van der Waals surface area contributed by atoms with Gasteiger partial charge in [0.05, 0.1) is 4.11 Å². The van der Waals surface area contributed by atoms with Gasteiger partial charge in [-0.15, -0.1) is 0 Å². The second-order valence-corrected chi connectivity index (χ2v) is 3.19.